The Morgan fingerprint density at radius 1 is 1.26 bits per heavy atom. The standard InChI is InChI=1S/C15H19BrN2O5/c1-9(2)7-17-15(21)18-13(19)8-23-14(20)10-4-5-12(22-3)11(16)6-10/h4-6,9H,7-8H2,1-3H3,(H2,17,18,19,21). The van der Waals surface area contributed by atoms with E-state index in [1.54, 1.807) is 6.07 Å². The third kappa shape index (κ3) is 6.68. The Bertz CT molecular complexity index is 589. The Morgan fingerprint density at radius 3 is 2.52 bits per heavy atom. The maximum atomic E-state index is 11.8. The van der Waals surface area contributed by atoms with Gasteiger partial charge in [-0.2, -0.15) is 0 Å². The van der Waals surface area contributed by atoms with Crippen LogP contribution in [-0.2, 0) is 9.53 Å². The summed E-state index contributed by atoms with van der Waals surface area (Å²) >= 11 is 3.25. The van der Waals surface area contributed by atoms with Gasteiger partial charge in [-0.15, -0.1) is 0 Å². The number of nitrogens with one attached hydrogen (secondary N) is 2. The zero-order valence-corrected chi connectivity index (χ0v) is 14.7. The number of carbonyl (C=O) groups excluding carboxylic acids is 3. The van der Waals surface area contributed by atoms with Gasteiger partial charge in [-0.25, -0.2) is 9.59 Å². The minimum Gasteiger partial charge on any atom is -0.496 e. The Morgan fingerprint density at radius 2 is 1.96 bits per heavy atom. The maximum absolute atomic E-state index is 11.8. The lowest BCUT2D eigenvalue weighted by Gasteiger charge is -2.09. The topological polar surface area (TPSA) is 93.7 Å². The van der Waals surface area contributed by atoms with Crippen LogP contribution in [0.5, 0.6) is 5.75 Å². The molecule has 3 amide bonds. The summed E-state index contributed by atoms with van der Waals surface area (Å²) in [5.41, 5.74) is 0.259. The first-order chi connectivity index (χ1) is 10.8. The molecule has 126 valence electrons. The molecule has 0 aliphatic heterocycles. The fourth-order valence-electron chi connectivity index (χ4n) is 1.51. The fraction of sp³-hybridized carbons (Fsp3) is 0.400. The number of hydrogen-bond donors (Lipinski definition) is 2. The van der Waals surface area contributed by atoms with Crippen molar-refractivity contribution in [1.29, 1.82) is 0 Å². The molecule has 0 saturated heterocycles. The summed E-state index contributed by atoms with van der Waals surface area (Å²) in [6, 6.07) is 4.01. The summed E-state index contributed by atoms with van der Waals surface area (Å²) < 4.78 is 10.5. The average Bonchev–Trinajstić information content (AvgIpc) is 2.50. The number of urea groups is 1. The van der Waals surface area contributed by atoms with E-state index in [1.165, 1.54) is 19.2 Å². The van der Waals surface area contributed by atoms with Crippen LogP contribution < -0.4 is 15.4 Å². The molecular weight excluding hydrogens is 368 g/mol. The SMILES string of the molecule is COc1ccc(C(=O)OCC(=O)NC(=O)NCC(C)C)cc1Br. The van der Waals surface area contributed by atoms with E-state index in [9.17, 15) is 14.4 Å². The first kappa shape index (κ1) is 19.0. The number of methoxy groups -OCH3 is 1. The number of carbonyl (C=O) groups is 3. The molecule has 0 unspecified atom stereocenters. The summed E-state index contributed by atoms with van der Waals surface area (Å²) in [6.45, 7) is 3.75. The summed E-state index contributed by atoms with van der Waals surface area (Å²) in [6.07, 6.45) is 0. The lowest BCUT2D eigenvalue weighted by atomic mass is 10.2. The van der Waals surface area contributed by atoms with Crippen molar-refractivity contribution >= 4 is 33.8 Å². The predicted molar refractivity (Wildman–Crippen MR) is 87.4 cm³/mol. The Balaban J connectivity index is 2.45. The van der Waals surface area contributed by atoms with Gasteiger partial charge in [0, 0.05) is 6.54 Å². The van der Waals surface area contributed by atoms with Gasteiger partial charge in [-0.3, -0.25) is 10.1 Å². The molecular formula is C15H19BrN2O5. The van der Waals surface area contributed by atoms with Gasteiger partial charge in [0.05, 0.1) is 17.1 Å². The minimum atomic E-state index is -0.702. The second kappa shape index (κ2) is 9.14. The van der Waals surface area contributed by atoms with Crippen molar-refractivity contribution in [3.05, 3.63) is 28.2 Å². The maximum Gasteiger partial charge on any atom is 0.338 e. The number of halogens is 1. The highest BCUT2D eigenvalue weighted by Crippen LogP contribution is 2.25. The first-order valence-corrected chi connectivity index (χ1v) is 7.71. The number of ether oxygens (including phenoxy) is 2. The molecule has 0 saturated carbocycles. The molecule has 1 rings (SSSR count). The third-order valence-corrected chi connectivity index (χ3v) is 3.27. The van der Waals surface area contributed by atoms with E-state index < -0.39 is 24.5 Å². The van der Waals surface area contributed by atoms with Crippen LogP contribution >= 0.6 is 15.9 Å². The lowest BCUT2D eigenvalue weighted by Crippen LogP contribution is -2.42. The van der Waals surface area contributed by atoms with Gasteiger partial charge in [0.2, 0.25) is 0 Å². The molecule has 0 heterocycles. The van der Waals surface area contributed by atoms with E-state index in [4.69, 9.17) is 9.47 Å². The summed E-state index contributed by atoms with van der Waals surface area (Å²) in [5.74, 6) is -0.540. The predicted octanol–water partition coefficient (Wildman–Crippen LogP) is 2.10. The molecule has 0 atom stereocenters. The zero-order chi connectivity index (χ0) is 17.4. The van der Waals surface area contributed by atoms with Crippen LogP contribution in [0.4, 0.5) is 4.79 Å². The van der Waals surface area contributed by atoms with Gasteiger partial charge < -0.3 is 14.8 Å². The van der Waals surface area contributed by atoms with Gasteiger partial charge in [0.15, 0.2) is 6.61 Å². The highest BCUT2D eigenvalue weighted by Gasteiger charge is 2.14. The lowest BCUT2D eigenvalue weighted by molar-refractivity contribution is -0.123. The monoisotopic (exact) mass is 386 g/mol. The van der Waals surface area contributed by atoms with Crippen LogP contribution in [0.25, 0.3) is 0 Å². The van der Waals surface area contributed by atoms with Crippen LogP contribution in [-0.4, -0.2) is 38.2 Å². The third-order valence-electron chi connectivity index (χ3n) is 2.65. The molecule has 1 aromatic carbocycles. The van der Waals surface area contributed by atoms with Gasteiger partial charge in [-0.05, 0) is 40.0 Å². The largest absolute Gasteiger partial charge is 0.496 e. The summed E-state index contributed by atoms with van der Waals surface area (Å²) in [5, 5.41) is 4.60. The van der Waals surface area contributed by atoms with E-state index in [0.717, 1.165) is 0 Å². The van der Waals surface area contributed by atoms with Gasteiger partial charge >= 0.3 is 12.0 Å². The number of esters is 1. The first-order valence-electron chi connectivity index (χ1n) is 6.91. The normalized spacial score (nSPS) is 10.1. The minimum absolute atomic E-state index is 0.259. The van der Waals surface area contributed by atoms with Crippen LogP contribution in [0.1, 0.15) is 24.2 Å². The van der Waals surface area contributed by atoms with Crippen molar-refractivity contribution in [2.45, 2.75) is 13.8 Å². The van der Waals surface area contributed by atoms with Crippen LogP contribution in [0, 0.1) is 5.92 Å². The van der Waals surface area contributed by atoms with E-state index in [0.29, 0.717) is 16.8 Å². The van der Waals surface area contributed by atoms with E-state index in [1.807, 2.05) is 13.8 Å². The number of rotatable bonds is 6. The van der Waals surface area contributed by atoms with E-state index in [2.05, 4.69) is 26.6 Å². The molecule has 8 heteroatoms. The molecule has 0 aliphatic carbocycles. The van der Waals surface area contributed by atoms with E-state index in [-0.39, 0.29) is 11.5 Å². The molecule has 0 spiro atoms. The molecule has 0 fully saturated rings. The summed E-state index contributed by atoms with van der Waals surface area (Å²) in [4.78, 5) is 34.7. The second-order valence-electron chi connectivity index (χ2n) is 5.08. The smallest absolute Gasteiger partial charge is 0.338 e. The fourth-order valence-corrected chi connectivity index (χ4v) is 2.05. The molecule has 2 N–H and O–H groups in total. The Hall–Kier alpha value is -2.09. The molecule has 0 bridgehead atoms. The molecule has 0 aliphatic rings. The molecule has 7 nitrogen and oxygen atoms in total. The second-order valence-corrected chi connectivity index (χ2v) is 5.93. The molecule has 1 aromatic rings. The molecule has 23 heavy (non-hydrogen) atoms. The van der Waals surface area contributed by atoms with Crippen molar-refractivity contribution in [1.82, 2.24) is 10.6 Å². The molecule has 0 aromatic heterocycles. The van der Waals surface area contributed by atoms with Crippen molar-refractivity contribution < 1.29 is 23.9 Å². The Labute approximate surface area is 142 Å². The average molecular weight is 387 g/mol. The number of hydrogen-bond acceptors (Lipinski definition) is 5. The van der Waals surface area contributed by atoms with Crippen LogP contribution in [0.15, 0.2) is 22.7 Å². The zero-order valence-electron chi connectivity index (χ0n) is 13.1. The van der Waals surface area contributed by atoms with Crippen LogP contribution in [0.2, 0.25) is 0 Å². The van der Waals surface area contributed by atoms with Crippen molar-refractivity contribution in [2.24, 2.45) is 5.92 Å². The Kier molecular flexibility index (Phi) is 7.53. The van der Waals surface area contributed by atoms with Gasteiger partial charge in [0.1, 0.15) is 5.75 Å². The van der Waals surface area contributed by atoms with Crippen LogP contribution in [0.3, 0.4) is 0 Å². The molecule has 0 radical (unpaired) electrons. The highest BCUT2D eigenvalue weighted by molar-refractivity contribution is 9.10. The quantitative estimate of drug-likeness (QED) is 0.730. The summed E-state index contributed by atoms with van der Waals surface area (Å²) in [7, 11) is 1.51. The number of benzene rings is 1. The van der Waals surface area contributed by atoms with Crippen molar-refractivity contribution in [3.63, 3.8) is 0 Å². The van der Waals surface area contributed by atoms with E-state index >= 15 is 0 Å². The van der Waals surface area contributed by atoms with Gasteiger partial charge in [-0.1, -0.05) is 13.8 Å². The number of imide groups is 1. The van der Waals surface area contributed by atoms with Gasteiger partial charge in [0.25, 0.3) is 5.91 Å². The van der Waals surface area contributed by atoms with Crippen molar-refractivity contribution in [3.8, 4) is 5.75 Å². The highest BCUT2D eigenvalue weighted by atomic mass is 79.9. The number of amides is 3. The van der Waals surface area contributed by atoms with Crippen molar-refractivity contribution in [2.75, 3.05) is 20.3 Å².